The molecule has 1 aromatic rings. The summed E-state index contributed by atoms with van der Waals surface area (Å²) in [4.78, 5) is 11.7. The van der Waals surface area contributed by atoms with Crippen molar-refractivity contribution in [3.05, 3.63) is 35.9 Å². The molecular weight excluding hydrogens is 218 g/mol. The average Bonchev–Trinajstić information content (AvgIpc) is 2.84. The topological polar surface area (TPSA) is 29.1 Å². The van der Waals surface area contributed by atoms with E-state index in [1.54, 1.807) is 0 Å². The monoisotopic (exact) mass is 235 g/mol. The quantitative estimate of drug-likeness (QED) is 0.866. The molecule has 86 valence electrons. The Kier molecular flexibility index (Phi) is 4.28. The van der Waals surface area contributed by atoms with Crippen LogP contribution in [0.15, 0.2) is 30.3 Å². The first kappa shape index (κ1) is 11.5. The van der Waals surface area contributed by atoms with Gasteiger partial charge in [-0.05, 0) is 24.2 Å². The summed E-state index contributed by atoms with van der Waals surface area (Å²) in [6.07, 6.45) is 1.97. The maximum Gasteiger partial charge on any atom is 0.223 e. The van der Waals surface area contributed by atoms with E-state index in [2.05, 4.69) is 17.4 Å². The zero-order chi connectivity index (χ0) is 11.2. The van der Waals surface area contributed by atoms with Crippen molar-refractivity contribution in [3.63, 3.8) is 0 Å². The minimum absolute atomic E-state index is 0.237. The number of nitrogens with one attached hydrogen (secondary N) is 1. The van der Waals surface area contributed by atoms with Gasteiger partial charge in [0, 0.05) is 18.2 Å². The maximum absolute atomic E-state index is 11.7. The van der Waals surface area contributed by atoms with Gasteiger partial charge in [-0.1, -0.05) is 30.3 Å². The molecule has 1 aliphatic heterocycles. The first-order valence-electron chi connectivity index (χ1n) is 5.75. The van der Waals surface area contributed by atoms with Crippen molar-refractivity contribution in [2.45, 2.75) is 12.8 Å². The van der Waals surface area contributed by atoms with Crippen LogP contribution >= 0.6 is 11.8 Å². The van der Waals surface area contributed by atoms with Gasteiger partial charge >= 0.3 is 0 Å². The molecule has 1 unspecified atom stereocenters. The standard InChI is InChI=1S/C13H17NOS/c15-13(12-7-9-16-10-12)14-8-6-11-4-2-1-3-5-11/h1-5,12H,6-10H2,(H,14,15). The molecule has 0 bridgehead atoms. The lowest BCUT2D eigenvalue weighted by Crippen LogP contribution is -2.32. The molecule has 1 atom stereocenters. The van der Waals surface area contributed by atoms with Gasteiger partial charge in [-0.2, -0.15) is 11.8 Å². The first-order valence-corrected chi connectivity index (χ1v) is 6.91. The molecule has 0 aliphatic carbocycles. The largest absolute Gasteiger partial charge is 0.356 e. The van der Waals surface area contributed by atoms with Crippen molar-refractivity contribution < 1.29 is 4.79 Å². The highest BCUT2D eigenvalue weighted by Crippen LogP contribution is 2.23. The van der Waals surface area contributed by atoms with Gasteiger partial charge in [-0.3, -0.25) is 4.79 Å². The van der Waals surface area contributed by atoms with Crippen LogP contribution in [0, 0.1) is 5.92 Å². The van der Waals surface area contributed by atoms with Crippen LogP contribution in [-0.2, 0) is 11.2 Å². The summed E-state index contributed by atoms with van der Waals surface area (Å²) >= 11 is 1.88. The Balaban J connectivity index is 1.70. The normalized spacial score (nSPS) is 19.6. The molecule has 0 radical (unpaired) electrons. The SMILES string of the molecule is O=C(NCCc1ccccc1)C1CCSC1. The van der Waals surface area contributed by atoms with Gasteiger partial charge < -0.3 is 5.32 Å². The molecule has 3 heteroatoms. The molecule has 1 saturated heterocycles. The lowest BCUT2D eigenvalue weighted by atomic mass is 10.1. The van der Waals surface area contributed by atoms with Crippen molar-refractivity contribution in [2.24, 2.45) is 5.92 Å². The number of rotatable bonds is 4. The number of hydrogen-bond acceptors (Lipinski definition) is 2. The molecule has 0 aromatic heterocycles. The van der Waals surface area contributed by atoms with Crippen molar-refractivity contribution in [1.82, 2.24) is 5.32 Å². The molecule has 1 amide bonds. The van der Waals surface area contributed by atoms with Crippen molar-refractivity contribution in [1.29, 1.82) is 0 Å². The van der Waals surface area contributed by atoms with Crippen LogP contribution in [-0.4, -0.2) is 24.0 Å². The van der Waals surface area contributed by atoms with Crippen LogP contribution in [0.3, 0.4) is 0 Å². The van der Waals surface area contributed by atoms with E-state index in [1.165, 1.54) is 5.56 Å². The minimum Gasteiger partial charge on any atom is -0.356 e. The maximum atomic E-state index is 11.7. The summed E-state index contributed by atoms with van der Waals surface area (Å²) in [6.45, 7) is 0.754. The van der Waals surface area contributed by atoms with Gasteiger partial charge in [0.05, 0.1) is 0 Å². The predicted octanol–water partition coefficient (Wildman–Crippen LogP) is 2.10. The Bertz CT molecular complexity index is 333. The average molecular weight is 235 g/mol. The second-order valence-electron chi connectivity index (χ2n) is 4.09. The van der Waals surface area contributed by atoms with E-state index in [0.717, 1.165) is 30.9 Å². The van der Waals surface area contributed by atoms with E-state index in [0.29, 0.717) is 0 Å². The van der Waals surface area contributed by atoms with Crippen LogP contribution in [0.4, 0.5) is 0 Å². The molecule has 1 heterocycles. The zero-order valence-corrected chi connectivity index (χ0v) is 10.1. The Morgan fingerprint density at radius 2 is 2.19 bits per heavy atom. The smallest absolute Gasteiger partial charge is 0.223 e. The molecule has 16 heavy (non-hydrogen) atoms. The summed E-state index contributed by atoms with van der Waals surface area (Å²) in [5.74, 6) is 2.62. The van der Waals surface area contributed by atoms with E-state index in [4.69, 9.17) is 0 Å². The molecule has 2 nitrogen and oxygen atoms in total. The third-order valence-corrected chi connectivity index (χ3v) is 4.02. The minimum atomic E-state index is 0.237. The Labute approximate surface area is 101 Å². The molecule has 0 spiro atoms. The summed E-state index contributed by atoms with van der Waals surface area (Å²) < 4.78 is 0. The van der Waals surface area contributed by atoms with Crippen LogP contribution in [0.2, 0.25) is 0 Å². The van der Waals surface area contributed by atoms with Gasteiger partial charge in [0.25, 0.3) is 0 Å². The first-order chi connectivity index (χ1) is 7.86. The Morgan fingerprint density at radius 1 is 1.38 bits per heavy atom. The van der Waals surface area contributed by atoms with E-state index in [-0.39, 0.29) is 11.8 Å². The number of benzene rings is 1. The van der Waals surface area contributed by atoms with Crippen LogP contribution < -0.4 is 5.32 Å². The number of hydrogen-bond donors (Lipinski definition) is 1. The van der Waals surface area contributed by atoms with Crippen molar-refractivity contribution in [3.8, 4) is 0 Å². The fraction of sp³-hybridized carbons (Fsp3) is 0.462. The van der Waals surface area contributed by atoms with Gasteiger partial charge in [0.2, 0.25) is 5.91 Å². The summed E-state index contributed by atoms with van der Waals surface area (Å²) in [6, 6.07) is 10.3. The van der Waals surface area contributed by atoms with E-state index in [9.17, 15) is 4.79 Å². The van der Waals surface area contributed by atoms with Crippen molar-refractivity contribution >= 4 is 17.7 Å². The van der Waals surface area contributed by atoms with Crippen LogP contribution in [0.5, 0.6) is 0 Å². The molecule has 1 aliphatic rings. The van der Waals surface area contributed by atoms with E-state index in [1.807, 2.05) is 30.0 Å². The molecule has 1 aromatic carbocycles. The number of carbonyl (C=O) groups is 1. The predicted molar refractivity (Wildman–Crippen MR) is 68.6 cm³/mol. The zero-order valence-electron chi connectivity index (χ0n) is 9.32. The molecular formula is C13H17NOS. The van der Waals surface area contributed by atoms with Gasteiger partial charge in [-0.15, -0.1) is 0 Å². The molecule has 1 fully saturated rings. The molecule has 1 N–H and O–H groups in total. The summed E-state index contributed by atoms with van der Waals surface area (Å²) in [5, 5.41) is 3.02. The van der Waals surface area contributed by atoms with E-state index >= 15 is 0 Å². The fourth-order valence-electron chi connectivity index (χ4n) is 1.86. The van der Waals surface area contributed by atoms with Crippen LogP contribution in [0.1, 0.15) is 12.0 Å². The lowest BCUT2D eigenvalue weighted by Gasteiger charge is -2.09. The lowest BCUT2D eigenvalue weighted by molar-refractivity contribution is -0.124. The highest BCUT2D eigenvalue weighted by atomic mass is 32.2. The highest BCUT2D eigenvalue weighted by Gasteiger charge is 2.22. The van der Waals surface area contributed by atoms with Crippen molar-refractivity contribution in [2.75, 3.05) is 18.1 Å². The summed E-state index contributed by atoms with van der Waals surface area (Å²) in [7, 11) is 0. The fourth-order valence-corrected chi connectivity index (χ4v) is 3.08. The number of thioether (sulfide) groups is 1. The van der Waals surface area contributed by atoms with E-state index < -0.39 is 0 Å². The third-order valence-electron chi connectivity index (χ3n) is 2.86. The van der Waals surface area contributed by atoms with Gasteiger partial charge in [0.1, 0.15) is 0 Å². The Morgan fingerprint density at radius 3 is 2.88 bits per heavy atom. The molecule has 2 rings (SSSR count). The number of carbonyl (C=O) groups excluding carboxylic acids is 1. The highest BCUT2D eigenvalue weighted by molar-refractivity contribution is 7.99. The van der Waals surface area contributed by atoms with Gasteiger partial charge in [-0.25, -0.2) is 0 Å². The van der Waals surface area contributed by atoms with Crippen LogP contribution in [0.25, 0.3) is 0 Å². The number of amides is 1. The summed E-state index contributed by atoms with van der Waals surface area (Å²) in [5.41, 5.74) is 1.28. The second kappa shape index (κ2) is 5.94. The second-order valence-corrected chi connectivity index (χ2v) is 5.24. The van der Waals surface area contributed by atoms with Gasteiger partial charge in [0.15, 0.2) is 0 Å². The Hall–Kier alpha value is -0.960. The third kappa shape index (κ3) is 3.27. The molecule has 0 saturated carbocycles.